The zero-order chi connectivity index (χ0) is 15.0. The van der Waals surface area contributed by atoms with Crippen LogP contribution < -0.4 is 4.74 Å². The number of hydrogen-bond acceptors (Lipinski definition) is 6. The summed E-state index contributed by atoms with van der Waals surface area (Å²) in [7, 11) is 0.290. The average molecular weight is 321 g/mol. The fraction of sp³-hybridized carbons (Fsp3) is 0.286. The van der Waals surface area contributed by atoms with Crippen LogP contribution in [0.1, 0.15) is 5.69 Å². The summed E-state index contributed by atoms with van der Waals surface area (Å²) in [4.78, 5) is 11.3. The van der Waals surface area contributed by atoms with E-state index in [2.05, 4.69) is 9.72 Å². The molecule has 0 aliphatic rings. The van der Waals surface area contributed by atoms with Crippen molar-refractivity contribution in [3.8, 4) is 5.88 Å². The van der Waals surface area contributed by atoms with E-state index in [9.17, 15) is 31.7 Å². The lowest BCUT2D eigenvalue weighted by molar-refractivity contribution is -0.392. The lowest BCUT2D eigenvalue weighted by Crippen LogP contribution is -2.19. The van der Waals surface area contributed by atoms with E-state index in [0.29, 0.717) is 6.07 Å². The molecule has 0 aliphatic carbocycles. The molecule has 19 heavy (non-hydrogen) atoms. The van der Waals surface area contributed by atoms with Crippen LogP contribution in [0.3, 0.4) is 0 Å². The quantitative estimate of drug-likeness (QED) is 0.480. The second kappa shape index (κ2) is 4.81. The van der Waals surface area contributed by atoms with Gasteiger partial charge in [-0.3, -0.25) is 10.1 Å². The predicted octanol–water partition coefficient (Wildman–Crippen LogP) is 2.12. The highest BCUT2D eigenvalue weighted by atomic mass is 35.7. The maximum Gasteiger partial charge on any atom is 0.574 e. The Morgan fingerprint density at radius 2 is 2.00 bits per heavy atom. The van der Waals surface area contributed by atoms with Crippen molar-refractivity contribution in [3.63, 3.8) is 0 Å². The van der Waals surface area contributed by atoms with Crippen LogP contribution in [0.5, 0.6) is 5.88 Å². The van der Waals surface area contributed by atoms with Crippen LogP contribution in [0.4, 0.5) is 18.9 Å². The van der Waals surface area contributed by atoms with Crippen LogP contribution in [0.25, 0.3) is 0 Å². The zero-order valence-electron chi connectivity index (χ0n) is 8.93. The summed E-state index contributed by atoms with van der Waals surface area (Å²) in [6, 6.07) is 0.670. The second-order valence-corrected chi connectivity index (χ2v) is 5.69. The van der Waals surface area contributed by atoms with E-state index in [1.54, 1.807) is 0 Å². The minimum Gasteiger partial charge on any atom is -0.381 e. The molecule has 0 radical (unpaired) electrons. The molecule has 1 aromatic rings. The lowest BCUT2D eigenvalue weighted by atomic mass is 10.3. The first kappa shape index (κ1) is 15.4. The molecule has 0 unspecified atom stereocenters. The van der Waals surface area contributed by atoms with E-state index in [1.165, 1.54) is 0 Å². The van der Waals surface area contributed by atoms with E-state index in [1.807, 2.05) is 0 Å². The number of hydrogen-bond donors (Lipinski definition) is 0. The largest absolute Gasteiger partial charge is 0.574 e. The number of rotatable bonds is 3. The van der Waals surface area contributed by atoms with Gasteiger partial charge in [-0.25, -0.2) is 13.4 Å². The molecule has 0 saturated carbocycles. The van der Waals surface area contributed by atoms with Gasteiger partial charge >= 0.3 is 17.9 Å². The summed E-state index contributed by atoms with van der Waals surface area (Å²) in [5.41, 5.74) is -1.72. The average Bonchev–Trinajstić information content (AvgIpc) is 2.11. The molecular weight excluding hydrogens is 317 g/mol. The topological polar surface area (TPSA) is 99.4 Å². The summed E-state index contributed by atoms with van der Waals surface area (Å²) in [6.45, 7) is 1.12. The number of alkyl halides is 3. The van der Waals surface area contributed by atoms with Crippen molar-refractivity contribution in [2.24, 2.45) is 0 Å². The fourth-order valence-corrected chi connectivity index (χ4v) is 2.20. The standard InChI is InChI=1S/C7H4ClF3N2O5S/c1-3-2-4(19(8,16)17)5(13(14)15)6(12-3)18-7(9,10)11/h2H,1H3. The first-order valence-corrected chi connectivity index (χ1v) is 6.59. The van der Waals surface area contributed by atoms with Gasteiger partial charge in [0, 0.05) is 16.4 Å². The number of pyridine rings is 1. The van der Waals surface area contributed by atoms with E-state index < -0.39 is 36.8 Å². The van der Waals surface area contributed by atoms with Crippen LogP contribution in [0.15, 0.2) is 11.0 Å². The molecule has 1 rings (SSSR count). The van der Waals surface area contributed by atoms with E-state index in [4.69, 9.17) is 10.7 Å². The smallest absolute Gasteiger partial charge is 0.381 e. The molecule has 0 amide bonds. The maximum atomic E-state index is 12.1. The van der Waals surface area contributed by atoms with Crippen molar-refractivity contribution in [2.75, 3.05) is 0 Å². The minimum atomic E-state index is -5.26. The van der Waals surface area contributed by atoms with Crippen molar-refractivity contribution in [1.29, 1.82) is 0 Å². The first-order valence-electron chi connectivity index (χ1n) is 4.28. The van der Waals surface area contributed by atoms with E-state index >= 15 is 0 Å². The Balaban J connectivity index is 3.64. The third-order valence-corrected chi connectivity index (χ3v) is 3.05. The fourth-order valence-electron chi connectivity index (χ4n) is 1.14. The van der Waals surface area contributed by atoms with Gasteiger partial charge in [0.15, 0.2) is 4.90 Å². The van der Waals surface area contributed by atoms with Crippen LogP contribution in [0, 0.1) is 17.0 Å². The summed E-state index contributed by atoms with van der Waals surface area (Å²) >= 11 is 0. The Morgan fingerprint density at radius 1 is 1.47 bits per heavy atom. The van der Waals surface area contributed by atoms with Crippen LogP contribution >= 0.6 is 10.7 Å². The maximum absolute atomic E-state index is 12.1. The van der Waals surface area contributed by atoms with Gasteiger partial charge < -0.3 is 4.74 Å². The number of aryl methyl sites for hydroxylation is 1. The molecule has 0 saturated heterocycles. The Labute approximate surface area is 108 Å². The van der Waals surface area contributed by atoms with Gasteiger partial charge in [-0.15, -0.1) is 13.2 Å². The molecule has 0 aliphatic heterocycles. The van der Waals surface area contributed by atoms with Crippen molar-refractivity contribution >= 4 is 25.4 Å². The molecule has 0 aromatic carbocycles. The Bertz CT molecular complexity index is 630. The van der Waals surface area contributed by atoms with E-state index in [-0.39, 0.29) is 5.69 Å². The minimum absolute atomic E-state index is 0.246. The molecule has 0 fully saturated rings. The number of halogens is 4. The summed E-state index contributed by atoms with van der Waals surface area (Å²) < 4.78 is 61.8. The highest BCUT2D eigenvalue weighted by Gasteiger charge is 2.39. The monoisotopic (exact) mass is 320 g/mol. The van der Waals surface area contributed by atoms with Crippen molar-refractivity contribution in [1.82, 2.24) is 4.98 Å². The zero-order valence-corrected chi connectivity index (χ0v) is 10.5. The first-order chi connectivity index (χ1) is 8.42. The number of aromatic nitrogens is 1. The van der Waals surface area contributed by atoms with Crippen molar-refractivity contribution in [2.45, 2.75) is 18.2 Å². The van der Waals surface area contributed by atoms with Gasteiger partial charge in [0.2, 0.25) is 0 Å². The Hall–Kier alpha value is -1.62. The Morgan fingerprint density at radius 3 is 2.37 bits per heavy atom. The highest BCUT2D eigenvalue weighted by molar-refractivity contribution is 8.13. The van der Waals surface area contributed by atoms with Gasteiger partial charge in [-0.05, 0) is 13.0 Å². The van der Waals surface area contributed by atoms with Gasteiger partial charge in [-0.1, -0.05) is 0 Å². The van der Waals surface area contributed by atoms with Gasteiger partial charge in [0.1, 0.15) is 0 Å². The molecule has 0 N–H and O–H groups in total. The van der Waals surface area contributed by atoms with E-state index in [0.717, 1.165) is 6.92 Å². The van der Waals surface area contributed by atoms with Gasteiger partial charge in [-0.2, -0.15) is 0 Å². The molecule has 0 atom stereocenters. The third kappa shape index (κ3) is 3.92. The highest BCUT2D eigenvalue weighted by Crippen LogP contribution is 2.37. The molecule has 12 heteroatoms. The molecular formula is C7H4ClF3N2O5S. The normalized spacial score (nSPS) is 12.3. The molecule has 1 heterocycles. The molecule has 106 valence electrons. The third-order valence-electron chi connectivity index (χ3n) is 1.71. The summed E-state index contributed by atoms with van der Waals surface area (Å²) in [6.07, 6.45) is -5.26. The lowest BCUT2D eigenvalue weighted by Gasteiger charge is -2.10. The van der Waals surface area contributed by atoms with Crippen LogP contribution in [-0.2, 0) is 9.05 Å². The Kier molecular flexibility index (Phi) is 3.91. The SMILES string of the molecule is Cc1cc(S(=O)(=O)Cl)c([N+](=O)[O-])c(OC(F)(F)F)n1. The molecule has 7 nitrogen and oxygen atoms in total. The number of ether oxygens (including phenoxy) is 1. The summed E-state index contributed by atoms with van der Waals surface area (Å²) in [5.74, 6) is -1.49. The number of nitrogens with zero attached hydrogens (tertiary/aromatic N) is 2. The summed E-state index contributed by atoms with van der Waals surface area (Å²) in [5, 5.41) is 10.7. The molecule has 0 bridgehead atoms. The van der Waals surface area contributed by atoms with Gasteiger partial charge in [0.25, 0.3) is 9.05 Å². The molecule has 1 aromatic heterocycles. The second-order valence-electron chi connectivity index (χ2n) is 3.16. The molecule has 0 spiro atoms. The van der Waals surface area contributed by atoms with Crippen molar-refractivity contribution in [3.05, 3.63) is 21.9 Å². The van der Waals surface area contributed by atoms with Crippen molar-refractivity contribution < 1.29 is 31.2 Å². The number of nitro groups is 1. The predicted molar refractivity (Wildman–Crippen MR) is 55.4 cm³/mol. The van der Waals surface area contributed by atoms with Gasteiger partial charge in [0.05, 0.1) is 4.92 Å². The van der Waals surface area contributed by atoms with Crippen LogP contribution in [0.2, 0.25) is 0 Å². The van der Waals surface area contributed by atoms with Crippen LogP contribution in [-0.4, -0.2) is 24.7 Å².